The van der Waals surface area contributed by atoms with Gasteiger partial charge in [-0.05, 0) is 18.2 Å². The lowest BCUT2D eigenvalue weighted by Gasteiger charge is -2.07. The second-order valence-electron chi connectivity index (χ2n) is 2.85. The first-order valence-corrected chi connectivity index (χ1v) is 4.37. The highest BCUT2D eigenvalue weighted by Gasteiger charge is 2.31. The van der Waals surface area contributed by atoms with E-state index in [1.54, 1.807) is 6.07 Å². The molecule has 0 aliphatic rings. The van der Waals surface area contributed by atoms with E-state index in [4.69, 9.17) is 11.6 Å². The van der Waals surface area contributed by atoms with Crippen molar-refractivity contribution >= 4 is 23.2 Å². The molecular formula is C9H7ClF3NO. The molecule has 0 aromatic heterocycles. The topological polar surface area (TPSA) is 29.1 Å². The number of alkyl halides is 3. The second kappa shape index (κ2) is 4.53. The van der Waals surface area contributed by atoms with E-state index < -0.39 is 18.5 Å². The van der Waals surface area contributed by atoms with E-state index in [9.17, 15) is 18.0 Å². The number of amides is 1. The minimum Gasteiger partial charge on any atom is -0.326 e. The largest absolute Gasteiger partial charge is 0.397 e. The van der Waals surface area contributed by atoms with Gasteiger partial charge in [-0.2, -0.15) is 13.2 Å². The van der Waals surface area contributed by atoms with Crippen molar-refractivity contribution in [2.45, 2.75) is 12.6 Å². The number of benzene rings is 1. The van der Waals surface area contributed by atoms with E-state index in [-0.39, 0.29) is 5.69 Å². The van der Waals surface area contributed by atoms with Gasteiger partial charge < -0.3 is 5.32 Å². The smallest absolute Gasteiger partial charge is 0.326 e. The van der Waals surface area contributed by atoms with Crippen molar-refractivity contribution in [3.63, 3.8) is 0 Å². The predicted octanol–water partition coefficient (Wildman–Crippen LogP) is 3.23. The molecule has 0 bridgehead atoms. The van der Waals surface area contributed by atoms with Crippen molar-refractivity contribution in [1.29, 1.82) is 0 Å². The van der Waals surface area contributed by atoms with Crippen LogP contribution in [0.3, 0.4) is 0 Å². The van der Waals surface area contributed by atoms with Crippen molar-refractivity contribution in [2.75, 3.05) is 5.32 Å². The first kappa shape index (κ1) is 11.8. The first-order chi connectivity index (χ1) is 6.87. The van der Waals surface area contributed by atoms with Gasteiger partial charge in [0.05, 0.1) is 0 Å². The minimum absolute atomic E-state index is 0.247. The summed E-state index contributed by atoms with van der Waals surface area (Å²) >= 11 is 5.59. The molecule has 0 saturated heterocycles. The number of anilines is 1. The summed E-state index contributed by atoms with van der Waals surface area (Å²) in [5, 5.41) is 2.44. The third-order valence-corrected chi connectivity index (χ3v) is 1.70. The zero-order valence-electron chi connectivity index (χ0n) is 7.44. The van der Waals surface area contributed by atoms with Gasteiger partial charge in [-0.25, -0.2) is 0 Å². The quantitative estimate of drug-likeness (QED) is 0.841. The molecule has 2 nitrogen and oxygen atoms in total. The number of carbonyl (C=O) groups excluding carboxylic acids is 1. The van der Waals surface area contributed by atoms with E-state index in [2.05, 4.69) is 5.32 Å². The molecule has 0 aliphatic heterocycles. The van der Waals surface area contributed by atoms with E-state index in [1.807, 2.05) is 0 Å². The van der Waals surface area contributed by atoms with Crippen LogP contribution in [0.25, 0.3) is 0 Å². The average molecular weight is 238 g/mol. The lowest BCUT2D eigenvalue weighted by Crippen LogP contribution is -2.21. The summed E-state index contributed by atoms with van der Waals surface area (Å²) < 4.78 is 35.4. The molecule has 15 heavy (non-hydrogen) atoms. The molecule has 0 spiro atoms. The fourth-order valence-corrected chi connectivity index (χ4v) is 1.14. The molecular weight excluding hydrogens is 231 g/mol. The Morgan fingerprint density at radius 3 is 2.60 bits per heavy atom. The second-order valence-corrected chi connectivity index (χ2v) is 3.29. The van der Waals surface area contributed by atoms with Crippen LogP contribution in [-0.4, -0.2) is 12.1 Å². The highest BCUT2D eigenvalue weighted by molar-refractivity contribution is 6.30. The molecule has 1 aromatic rings. The Labute approximate surface area is 89.0 Å². The maximum absolute atomic E-state index is 11.8. The van der Waals surface area contributed by atoms with Crippen molar-refractivity contribution in [3.8, 4) is 0 Å². The van der Waals surface area contributed by atoms with Gasteiger partial charge in [0.25, 0.3) is 0 Å². The molecule has 0 fully saturated rings. The maximum atomic E-state index is 11.8. The SMILES string of the molecule is O=C(CC(F)(F)F)Nc1cccc(Cl)c1. The van der Waals surface area contributed by atoms with Crippen LogP contribution in [0.4, 0.5) is 18.9 Å². The standard InChI is InChI=1S/C9H7ClF3NO/c10-6-2-1-3-7(4-6)14-8(15)5-9(11,12)13/h1-4H,5H2,(H,14,15). The average Bonchev–Trinajstić information content (AvgIpc) is 1.99. The lowest BCUT2D eigenvalue weighted by molar-refractivity contribution is -0.150. The van der Waals surface area contributed by atoms with Gasteiger partial charge in [0.1, 0.15) is 6.42 Å². The van der Waals surface area contributed by atoms with E-state index in [0.717, 1.165) is 0 Å². The monoisotopic (exact) mass is 237 g/mol. The summed E-state index contributed by atoms with van der Waals surface area (Å²) in [6.45, 7) is 0. The minimum atomic E-state index is -4.50. The van der Waals surface area contributed by atoms with Gasteiger partial charge in [-0.1, -0.05) is 17.7 Å². The van der Waals surface area contributed by atoms with Gasteiger partial charge in [0.15, 0.2) is 0 Å². The number of nitrogens with one attached hydrogen (secondary N) is 1. The van der Waals surface area contributed by atoms with Crippen LogP contribution < -0.4 is 5.32 Å². The van der Waals surface area contributed by atoms with Crippen LogP contribution in [0.15, 0.2) is 24.3 Å². The maximum Gasteiger partial charge on any atom is 0.397 e. The molecule has 6 heteroatoms. The predicted molar refractivity (Wildman–Crippen MR) is 50.8 cm³/mol. The zero-order valence-corrected chi connectivity index (χ0v) is 8.19. The highest BCUT2D eigenvalue weighted by atomic mass is 35.5. The molecule has 1 aromatic carbocycles. The number of carbonyl (C=O) groups is 1. The van der Waals surface area contributed by atoms with Crippen LogP contribution in [0.2, 0.25) is 5.02 Å². The fourth-order valence-electron chi connectivity index (χ4n) is 0.953. The summed E-state index contributed by atoms with van der Waals surface area (Å²) in [5.41, 5.74) is 0.247. The van der Waals surface area contributed by atoms with E-state index >= 15 is 0 Å². The molecule has 0 radical (unpaired) electrons. The Morgan fingerprint density at radius 1 is 1.40 bits per heavy atom. The van der Waals surface area contributed by atoms with Crippen LogP contribution >= 0.6 is 11.6 Å². The summed E-state index contributed by atoms with van der Waals surface area (Å²) in [4.78, 5) is 10.9. The highest BCUT2D eigenvalue weighted by Crippen LogP contribution is 2.21. The van der Waals surface area contributed by atoms with Crippen molar-refractivity contribution in [1.82, 2.24) is 0 Å². The Hall–Kier alpha value is -1.23. The van der Waals surface area contributed by atoms with Crippen molar-refractivity contribution < 1.29 is 18.0 Å². The normalized spacial score (nSPS) is 11.2. The van der Waals surface area contributed by atoms with Crippen molar-refractivity contribution in [3.05, 3.63) is 29.3 Å². The van der Waals surface area contributed by atoms with Crippen LogP contribution in [0.5, 0.6) is 0 Å². The number of hydrogen-bond donors (Lipinski definition) is 1. The van der Waals surface area contributed by atoms with Crippen LogP contribution in [-0.2, 0) is 4.79 Å². The number of hydrogen-bond acceptors (Lipinski definition) is 1. The molecule has 1 amide bonds. The van der Waals surface area contributed by atoms with Gasteiger partial charge in [-0.15, -0.1) is 0 Å². The van der Waals surface area contributed by atoms with E-state index in [0.29, 0.717) is 5.02 Å². The molecule has 1 rings (SSSR count). The molecule has 1 N–H and O–H groups in total. The van der Waals surface area contributed by atoms with Crippen molar-refractivity contribution in [2.24, 2.45) is 0 Å². The van der Waals surface area contributed by atoms with Gasteiger partial charge in [0, 0.05) is 10.7 Å². The fraction of sp³-hybridized carbons (Fsp3) is 0.222. The first-order valence-electron chi connectivity index (χ1n) is 3.99. The Morgan fingerprint density at radius 2 is 2.07 bits per heavy atom. The molecule has 0 atom stereocenters. The van der Waals surface area contributed by atoms with Gasteiger partial charge >= 0.3 is 6.18 Å². The zero-order chi connectivity index (χ0) is 11.5. The number of rotatable bonds is 2. The third-order valence-electron chi connectivity index (χ3n) is 1.47. The summed E-state index contributed by atoms with van der Waals surface area (Å²) in [5.74, 6) is -1.11. The van der Waals surface area contributed by atoms with E-state index in [1.165, 1.54) is 18.2 Å². The number of halogens is 4. The Kier molecular flexibility index (Phi) is 3.57. The summed E-state index contributed by atoms with van der Waals surface area (Å²) in [6, 6.07) is 5.92. The molecule has 0 saturated carbocycles. The van der Waals surface area contributed by atoms with Gasteiger partial charge in [-0.3, -0.25) is 4.79 Å². The van der Waals surface area contributed by atoms with Crippen LogP contribution in [0.1, 0.15) is 6.42 Å². The lowest BCUT2D eigenvalue weighted by atomic mass is 10.3. The molecule has 0 unspecified atom stereocenters. The van der Waals surface area contributed by atoms with Gasteiger partial charge in [0.2, 0.25) is 5.91 Å². The summed E-state index contributed by atoms with van der Waals surface area (Å²) in [6.07, 6.45) is -6.00. The van der Waals surface area contributed by atoms with Crippen LogP contribution in [0, 0.1) is 0 Å². The molecule has 82 valence electrons. The molecule has 0 heterocycles. The Balaban J connectivity index is 2.59. The summed E-state index contributed by atoms with van der Waals surface area (Å²) in [7, 11) is 0. The molecule has 0 aliphatic carbocycles. The Bertz CT molecular complexity index is 365. The third kappa shape index (κ3) is 4.69.